The summed E-state index contributed by atoms with van der Waals surface area (Å²) in [7, 11) is 0. The third kappa shape index (κ3) is 3.30. The van der Waals surface area contributed by atoms with Crippen LogP contribution in [0.4, 0.5) is 0 Å². The normalized spacial score (nSPS) is 21.0. The molecule has 0 aromatic rings. The number of hydrogen-bond acceptors (Lipinski definition) is 2. The van der Waals surface area contributed by atoms with E-state index in [1.807, 2.05) is 0 Å². The van der Waals surface area contributed by atoms with Gasteiger partial charge in [-0.05, 0) is 52.2 Å². The summed E-state index contributed by atoms with van der Waals surface area (Å²) in [5.41, 5.74) is 5.61. The van der Waals surface area contributed by atoms with Crippen LogP contribution in [0.2, 0.25) is 0 Å². The standard InChI is InChI=1S/C9H20N2.ClH/c1-8(2)11-5-3-9(7-10)4-6-11;/h8-9H,3-7,10H2,1-2H3;1H. The van der Waals surface area contributed by atoms with Gasteiger partial charge in [0.15, 0.2) is 0 Å². The topological polar surface area (TPSA) is 29.3 Å². The summed E-state index contributed by atoms with van der Waals surface area (Å²) in [6.45, 7) is 7.91. The number of piperidine rings is 1. The third-order valence-corrected chi connectivity index (χ3v) is 2.71. The Hall–Kier alpha value is 0.210. The van der Waals surface area contributed by atoms with Crippen molar-refractivity contribution in [1.29, 1.82) is 0 Å². The molecule has 2 nitrogen and oxygen atoms in total. The lowest BCUT2D eigenvalue weighted by Gasteiger charge is -2.34. The highest BCUT2D eigenvalue weighted by Gasteiger charge is 2.18. The highest BCUT2D eigenvalue weighted by Crippen LogP contribution is 2.17. The minimum atomic E-state index is 0. The summed E-state index contributed by atoms with van der Waals surface area (Å²) in [6, 6.07) is 0.716. The van der Waals surface area contributed by atoms with E-state index in [2.05, 4.69) is 18.7 Å². The zero-order valence-corrected chi connectivity index (χ0v) is 8.94. The van der Waals surface area contributed by atoms with E-state index in [1.54, 1.807) is 0 Å². The Morgan fingerprint density at radius 3 is 2.17 bits per heavy atom. The van der Waals surface area contributed by atoms with Gasteiger partial charge in [-0.3, -0.25) is 0 Å². The van der Waals surface area contributed by atoms with Crippen LogP contribution in [0.3, 0.4) is 0 Å². The van der Waals surface area contributed by atoms with Gasteiger partial charge in [-0.1, -0.05) is 0 Å². The van der Waals surface area contributed by atoms with Crippen molar-refractivity contribution >= 4 is 12.4 Å². The summed E-state index contributed by atoms with van der Waals surface area (Å²) in [4.78, 5) is 2.53. The lowest BCUT2D eigenvalue weighted by Crippen LogP contribution is -2.40. The molecule has 0 unspecified atom stereocenters. The number of rotatable bonds is 2. The first kappa shape index (κ1) is 12.2. The van der Waals surface area contributed by atoms with Gasteiger partial charge in [-0.2, -0.15) is 0 Å². The van der Waals surface area contributed by atoms with Gasteiger partial charge < -0.3 is 10.6 Å². The molecular weight excluding hydrogens is 172 g/mol. The molecule has 3 heteroatoms. The molecule has 1 aliphatic heterocycles. The minimum absolute atomic E-state index is 0. The number of halogens is 1. The van der Waals surface area contributed by atoms with Crippen molar-refractivity contribution in [2.75, 3.05) is 19.6 Å². The molecule has 0 aliphatic carbocycles. The number of hydrogen-bond donors (Lipinski definition) is 1. The van der Waals surface area contributed by atoms with E-state index in [0.717, 1.165) is 12.5 Å². The summed E-state index contributed by atoms with van der Waals surface area (Å²) >= 11 is 0. The first-order valence-corrected chi connectivity index (χ1v) is 4.68. The van der Waals surface area contributed by atoms with Gasteiger partial charge in [0.2, 0.25) is 0 Å². The molecule has 0 saturated carbocycles. The predicted molar refractivity (Wildman–Crippen MR) is 55.7 cm³/mol. The van der Waals surface area contributed by atoms with Crippen molar-refractivity contribution in [2.24, 2.45) is 11.7 Å². The third-order valence-electron chi connectivity index (χ3n) is 2.71. The van der Waals surface area contributed by atoms with Crippen molar-refractivity contribution < 1.29 is 0 Å². The van der Waals surface area contributed by atoms with E-state index in [4.69, 9.17) is 5.73 Å². The van der Waals surface area contributed by atoms with Crippen molar-refractivity contribution in [3.63, 3.8) is 0 Å². The Balaban J connectivity index is 0.00000121. The molecule has 12 heavy (non-hydrogen) atoms. The van der Waals surface area contributed by atoms with Crippen LogP contribution in [0, 0.1) is 5.92 Å². The molecular formula is C9H21ClN2. The molecule has 0 radical (unpaired) electrons. The summed E-state index contributed by atoms with van der Waals surface area (Å²) in [6.07, 6.45) is 2.60. The predicted octanol–water partition coefficient (Wildman–Crippen LogP) is 1.49. The fourth-order valence-electron chi connectivity index (χ4n) is 1.71. The van der Waals surface area contributed by atoms with Crippen LogP contribution in [-0.2, 0) is 0 Å². The lowest BCUT2D eigenvalue weighted by atomic mass is 9.96. The Kier molecular flexibility index (Phi) is 5.89. The van der Waals surface area contributed by atoms with Crippen LogP contribution in [0.1, 0.15) is 26.7 Å². The Morgan fingerprint density at radius 1 is 1.33 bits per heavy atom. The summed E-state index contributed by atoms with van der Waals surface area (Å²) in [5, 5.41) is 0. The fraction of sp³-hybridized carbons (Fsp3) is 1.00. The maximum atomic E-state index is 5.61. The zero-order valence-electron chi connectivity index (χ0n) is 8.12. The van der Waals surface area contributed by atoms with E-state index in [1.165, 1.54) is 25.9 Å². The van der Waals surface area contributed by atoms with Crippen molar-refractivity contribution in [2.45, 2.75) is 32.7 Å². The van der Waals surface area contributed by atoms with Crippen LogP contribution in [0.15, 0.2) is 0 Å². The molecule has 1 saturated heterocycles. The Morgan fingerprint density at radius 2 is 1.83 bits per heavy atom. The average Bonchev–Trinajstić information content (AvgIpc) is 2.05. The average molecular weight is 193 g/mol. The molecule has 1 rings (SSSR count). The van der Waals surface area contributed by atoms with E-state index in [0.29, 0.717) is 6.04 Å². The van der Waals surface area contributed by atoms with Gasteiger partial charge in [0.05, 0.1) is 0 Å². The van der Waals surface area contributed by atoms with Crippen molar-refractivity contribution in [1.82, 2.24) is 4.90 Å². The number of nitrogens with zero attached hydrogens (tertiary/aromatic N) is 1. The SMILES string of the molecule is CC(C)N1CCC(CN)CC1.Cl. The van der Waals surface area contributed by atoms with Gasteiger partial charge in [0, 0.05) is 6.04 Å². The van der Waals surface area contributed by atoms with Gasteiger partial charge in [-0.15, -0.1) is 12.4 Å². The first-order valence-electron chi connectivity index (χ1n) is 4.68. The zero-order chi connectivity index (χ0) is 8.27. The van der Waals surface area contributed by atoms with Crippen LogP contribution in [-0.4, -0.2) is 30.6 Å². The largest absolute Gasteiger partial charge is 0.330 e. The number of nitrogens with two attached hydrogens (primary N) is 1. The molecule has 74 valence electrons. The summed E-state index contributed by atoms with van der Waals surface area (Å²) < 4.78 is 0. The molecule has 0 bridgehead atoms. The van der Waals surface area contributed by atoms with Crippen LogP contribution in [0.5, 0.6) is 0 Å². The van der Waals surface area contributed by atoms with Crippen LogP contribution >= 0.6 is 12.4 Å². The van der Waals surface area contributed by atoms with E-state index < -0.39 is 0 Å². The smallest absolute Gasteiger partial charge is 0.00385 e. The molecule has 0 aromatic carbocycles. The maximum Gasteiger partial charge on any atom is 0.00385 e. The molecule has 0 atom stereocenters. The Bertz CT molecular complexity index is 109. The monoisotopic (exact) mass is 192 g/mol. The van der Waals surface area contributed by atoms with Gasteiger partial charge >= 0.3 is 0 Å². The highest BCUT2D eigenvalue weighted by molar-refractivity contribution is 5.85. The minimum Gasteiger partial charge on any atom is -0.330 e. The first-order chi connectivity index (χ1) is 5.24. The summed E-state index contributed by atoms with van der Waals surface area (Å²) in [5.74, 6) is 0.796. The molecule has 1 fully saturated rings. The molecule has 2 N–H and O–H groups in total. The van der Waals surface area contributed by atoms with Gasteiger partial charge in [0.1, 0.15) is 0 Å². The van der Waals surface area contributed by atoms with Crippen molar-refractivity contribution in [3.05, 3.63) is 0 Å². The van der Waals surface area contributed by atoms with E-state index in [9.17, 15) is 0 Å². The maximum absolute atomic E-state index is 5.61. The second-order valence-electron chi connectivity index (χ2n) is 3.81. The molecule has 0 aromatic heterocycles. The van der Waals surface area contributed by atoms with Gasteiger partial charge in [-0.25, -0.2) is 0 Å². The molecule has 0 amide bonds. The second kappa shape index (κ2) is 5.79. The quantitative estimate of drug-likeness (QED) is 0.719. The molecule has 1 heterocycles. The van der Waals surface area contributed by atoms with Crippen LogP contribution < -0.4 is 5.73 Å². The van der Waals surface area contributed by atoms with Gasteiger partial charge in [0.25, 0.3) is 0 Å². The highest BCUT2D eigenvalue weighted by atomic mass is 35.5. The van der Waals surface area contributed by atoms with Crippen LogP contribution in [0.25, 0.3) is 0 Å². The fourth-order valence-corrected chi connectivity index (χ4v) is 1.71. The number of likely N-dealkylation sites (tertiary alicyclic amines) is 1. The Labute approximate surface area is 81.9 Å². The van der Waals surface area contributed by atoms with E-state index >= 15 is 0 Å². The second-order valence-corrected chi connectivity index (χ2v) is 3.81. The molecule has 0 spiro atoms. The molecule has 1 aliphatic rings. The lowest BCUT2D eigenvalue weighted by molar-refractivity contribution is 0.152. The van der Waals surface area contributed by atoms with Crippen molar-refractivity contribution in [3.8, 4) is 0 Å². The van der Waals surface area contributed by atoms with E-state index in [-0.39, 0.29) is 12.4 Å².